The topological polar surface area (TPSA) is 96.0 Å². The van der Waals surface area contributed by atoms with Crippen molar-refractivity contribution in [3.05, 3.63) is 108 Å². The average Bonchev–Trinajstić information content (AvgIpc) is 2.98. The van der Waals surface area contributed by atoms with Gasteiger partial charge in [0, 0.05) is 41.1 Å². The second-order valence-corrected chi connectivity index (χ2v) is 9.83. The molecule has 0 aliphatic carbocycles. The lowest BCUT2D eigenvalue weighted by atomic mass is 10.1. The van der Waals surface area contributed by atoms with Crippen LogP contribution in [0.5, 0.6) is 0 Å². The molecule has 0 radical (unpaired) electrons. The summed E-state index contributed by atoms with van der Waals surface area (Å²) in [5.41, 5.74) is 5.31. The van der Waals surface area contributed by atoms with Crippen molar-refractivity contribution >= 4 is 36.7 Å². The summed E-state index contributed by atoms with van der Waals surface area (Å²) >= 11 is 0. The number of aromatic nitrogens is 2. The van der Waals surface area contributed by atoms with Gasteiger partial charge >= 0.3 is 7.80 Å². The number of nitrogens with one attached hydrogen (secondary N) is 3. The van der Waals surface area contributed by atoms with Crippen LogP contribution in [0.15, 0.2) is 91.1 Å². The van der Waals surface area contributed by atoms with Crippen LogP contribution in [0, 0.1) is 13.8 Å². The fourth-order valence-corrected chi connectivity index (χ4v) is 3.02. The van der Waals surface area contributed by atoms with Gasteiger partial charge in [0.1, 0.15) is 13.3 Å². The van der Waals surface area contributed by atoms with E-state index < -0.39 is 7.80 Å². The third-order valence-corrected chi connectivity index (χ3v) is 4.73. The minimum absolute atomic E-state index is 0.141. The molecule has 3 N–H and O–H groups in total. The number of carbonyl (C=O) groups is 1. The van der Waals surface area contributed by atoms with E-state index in [0.717, 1.165) is 23.5 Å². The highest BCUT2D eigenvalue weighted by Gasteiger charge is 2.08. The molecule has 0 aliphatic rings. The Labute approximate surface area is 248 Å². The molecule has 0 fully saturated rings. The molecule has 1 heterocycles. The summed E-state index contributed by atoms with van der Waals surface area (Å²) in [4.78, 5) is 20.8. The SMILES string of the molecule is CC.CC.CCNc1ccccc1.C[P+](C)=O.Cc1ccnc(Nc2cc(NC(=O)c3ccccc3)ccc2C)n1. The zero-order valence-corrected chi connectivity index (χ0v) is 26.9. The summed E-state index contributed by atoms with van der Waals surface area (Å²) in [5, 5.41) is 9.30. The van der Waals surface area contributed by atoms with Gasteiger partial charge in [0.05, 0.1) is 0 Å². The molecule has 0 unspecified atom stereocenters. The minimum Gasteiger partial charge on any atom is -0.385 e. The van der Waals surface area contributed by atoms with Crippen LogP contribution >= 0.6 is 7.80 Å². The van der Waals surface area contributed by atoms with Gasteiger partial charge in [-0.1, -0.05) is 74.7 Å². The second kappa shape index (κ2) is 22.7. The van der Waals surface area contributed by atoms with E-state index in [9.17, 15) is 9.36 Å². The summed E-state index contributed by atoms with van der Waals surface area (Å²) in [7, 11) is -0.870. The van der Waals surface area contributed by atoms with E-state index >= 15 is 0 Å². The number of benzene rings is 3. The van der Waals surface area contributed by atoms with Crippen molar-refractivity contribution in [2.75, 3.05) is 35.8 Å². The van der Waals surface area contributed by atoms with Gasteiger partial charge in [0.2, 0.25) is 5.95 Å². The number of amides is 1. The molecule has 8 heteroatoms. The molecular weight excluding hydrogens is 529 g/mol. The molecule has 0 spiro atoms. The van der Waals surface area contributed by atoms with Crippen molar-refractivity contribution in [1.82, 2.24) is 9.97 Å². The Bertz CT molecular complexity index is 1270. The maximum absolute atomic E-state index is 12.3. The molecule has 4 aromatic rings. The number of hydrogen-bond acceptors (Lipinski definition) is 6. The lowest BCUT2D eigenvalue weighted by Crippen LogP contribution is -2.12. The highest BCUT2D eigenvalue weighted by atomic mass is 31.1. The van der Waals surface area contributed by atoms with E-state index in [-0.39, 0.29) is 5.91 Å². The van der Waals surface area contributed by atoms with E-state index in [2.05, 4.69) is 45.0 Å². The second-order valence-electron chi connectivity index (χ2n) is 8.21. The van der Waals surface area contributed by atoms with Gasteiger partial charge in [-0.25, -0.2) is 9.97 Å². The Kier molecular flexibility index (Phi) is 20.4. The molecule has 0 saturated carbocycles. The Balaban J connectivity index is 0.000000777. The van der Waals surface area contributed by atoms with Gasteiger partial charge in [-0.05, 0) is 68.8 Å². The number of hydrogen-bond donors (Lipinski definition) is 3. The third kappa shape index (κ3) is 16.6. The number of rotatable bonds is 6. The van der Waals surface area contributed by atoms with Gasteiger partial charge in [-0.2, -0.15) is 0 Å². The summed E-state index contributed by atoms with van der Waals surface area (Å²) in [5.74, 6) is 0.391. The first-order chi connectivity index (χ1) is 19.8. The van der Waals surface area contributed by atoms with Crippen molar-refractivity contribution in [2.45, 2.75) is 48.5 Å². The first-order valence-corrected chi connectivity index (χ1v) is 16.1. The van der Waals surface area contributed by atoms with Crippen molar-refractivity contribution < 1.29 is 9.36 Å². The summed E-state index contributed by atoms with van der Waals surface area (Å²) < 4.78 is 9.59. The molecule has 3 aromatic carbocycles. The highest BCUT2D eigenvalue weighted by molar-refractivity contribution is 7.42. The van der Waals surface area contributed by atoms with Crippen LogP contribution in [0.25, 0.3) is 0 Å². The molecule has 7 nitrogen and oxygen atoms in total. The number of aryl methyl sites for hydroxylation is 2. The van der Waals surface area contributed by atoms with E-state index in [1.807, 2.05) is 102 Å². The van der Waals surface area contributed by atoms with Gasteiger partial charge in [0.25, 0.3) is 5.91 Å². The zero-order chi connectivity index (χ0) is 31.0. The van der Waals surface area contributed by atoms with Gasteiger partial charge in [-0.15, -0.1) is 0 Å². The quantitative estimate of drug-likeness (QED) is 0.198. The van der Waals surface area contributed by atoms with E-state index in [0.29, 0.717) is 17.2 Å². The number of nitrogens with zero attached hydrogens (tertiary/aromatic N) is 2. The van der Waals surface area contributed by atoms with Crippen LogP contribution in [-0.4, -0.2) is 35.7 Å². The highest BCUT2D eigenvalue weighted by Crippen LogP contribution is 2.23. The Morgan fingerprint density at radius 2 is 1.37 bits per heavy atom. The van der Waals surface area contributed by atoms with Gasteiger partial charge < -0.3 is 16.0 Å². The fourth-order valence-electron chi connectivity index (χ4n) is 3.02. The van der Waals surface area contributed by atoms with Crippen LogP contribution in [-0.2, 0) is 4.57 Å². The standard InChI is InChI=1S/C19H18N4O.C8H11N.C2H6OP.2C2H6/c1-13-8-9-16(22-18(24)15-6-4-3-5-7-15)12-17(13)23-19-20-11-10-14(2)21-19;1-2-9-8-6-4-3-5-7-8;1-4(2)3;2*1-2/h3-12H,1-2H3,(H,22,24)(H,20,21,23);3-7,9H,2H2,1H3;1-2H3;2*1-2H3/q;;+1;;. The molecular formula is C33H47N5O2P+. The molecule has 0 bridgehead atoms. The first kappa shape index (κ1) is 36.9. The number of carbonyl (C=O) groups excluding carboxylic acids is 1. The van der Waals surface area contributed by atoms with E-state index in [1.165, 1.54) is 5.69 Å². The smallest absolute Gasteiger partial charge is 0.332 e. The van der Waals surface area contributed by atoms with Gasteiger partial charge in [0.15, 0.2) is 0 Å². The van der Waals surface area contributed by atoms with Crippen LogP contribution in [0.2, 0.25) is 0 Å². The molecule has 1 aromatic heterocycles. The molecule has 4 rings (SSSR count). The largest absolute Gasteiger partial charge is 0.385 e. The maximum Gasteiger partial charge on any atom is 0.332 e. The van der Waals surface area contributed by atoms with Crippen LogP contribution < -0.4 is 16.0 Å². The van der Waals surface area contributed by atoms with Crippen molar-refractivity contribution in [3.8, 4) is 0 Å². The number of para-hydroxylation sites is 1. The molecule has 0 atom stereocenters. The lowest BCUT2D eigenvalue weighted by molar-refractivity contribution is 0.102. The Morgan fingerprint density at radius 1 is 0.805 bits per heavy atom. The monoisotopic (exact) mass is 576 g/mol. The van der Waals surface area contributed by atoms with Gasteiger partial charge in [-0.3, -0.25) is 4.79 Å². The maximum atomic E-state index is 12.3. The third-order valence-electron chi connectivity index (χ3n) is 4.73. The molecule has 41 heavy (non-hydrogen) atoms. The molecule has 0 saturated heterocycles. The minimum atomic E-state index is -0.870. The van der Waals surface area contributed by atoms with Crippen LogP contribution in [0.1, 0.15) is 56.2 Å². The van der Waals surface area contributed by atoms with Crippen LogP contribution in [0.3, 0.4) is 0 Å². The first-order valence-electron chi connectivity index (χ1n) is 14.0. The Morgan fingerprint density at radius 3 is 1.90 bits per heavy atom. The zero-order valence-electron chi connectivity index (χ0n) is 26.0. The lowest BCUT2D eigenvalue weighted by Gasteiger charge is -2.11. The normalized spacial score (nSPS) is 8.90. The number of anilines is 4. The van der Waals surface area contributed by atoms with Crippen molar-refractivity contribution in [1.29, 1.82) is 0 Å². The molecule has 1 amide bonds. The van der Waals surface area contributed by atoms with Crippen molar-refractivity contribution in [3.63, 3.8) is 0 Å². The summed E-state index contributed by atoms with van der Waals surface area (Å²) in [6, 6.07) is 26.8. The summed E-state index contributed by atoms with van der Waals surface area (Å²) in [6.45, 7) is 18.3. The predicted molar refractivity (Wildman–Crippen MR) is 178 cm³/mol. The van der Waals surface area contributed by atoms with Crippen LogP contribution in [0.4, 0.5) is 23.0 Å². The average molecular weight is 577 g/mol. The predicted octanol–water partition coefficient (Wildman–Crippen LogP) is 9.33. The van der Waals surface area contributed by atoms with E-state index in [4.69, 9.17) is 0 Å². The summed E-state index contributed by atoms with van der Waals surface area (Å²) in [6.07, 6.45) is 1.71. The molecule has 220 valence electrons. The van der Waals surface area contributed by atoms with E-state index in [1.54, 1.807) is 31.7 Å². The van der Waals surface area contributed by atoms with Crippen molar-refractivity contribution in [2.24, 2.45) is 0 Å². The molecule has 0 aliphatic heterocycles. The fraction of sp³-hybridized carbons (Fsp3) is 0.303. The Hall–Kier alpha value is -4.09.